The van der Waals surface area contributed by atoms with Gasteiger partial charge in [0.05, 0.1) is 19.2 Å². The quantitative estimate of drug-likeness (QED) is 0.396. The van der Waals surface area contributed by atoms with Gasteiger partial charge in [-0.1, -0.05) is 18.2 Å². The smallest absolute Gasteiger partial charge is 0.434 e. The largest absolute Gasteiger partial charge is 0.493 e. The van der Waals surface area contributed by atoms with Crippen LogP contribution in [0, 0.1) is 0 Å². The minimum atomic E-state index is -4.44. The number of ether oxygens (including phenoxy) is 1. The molecule has 3 rings (SSSR count). The number of fused-ring (bicyclic) bond motifs is 1. The van der Waals surface area contributed by atoms with E-state index in [-0.39, 0.29) is 47.5 Å². The van der Waals surface area contributed by atoms with E-state index in [4.69, 9.17) is 10.5 Å². The second-order valence-corrected chi connectivity index (χ2v) is 6.14. The van der Waals surface area contributed by atoms with Gasteiger partial charge in [-0.25, -0.2) is 9.98 Å². The number of guanidine groups is 1. The lowest BCUT2D eigenvalue weighted by molar-refractivity contribution is -0.140. The Kier molecular flexibility index (Phi) is 6.49. The fraction of sp³-hybridized carbons (Fsp3) is 0.333. The number of nitrogens with zero attached hydrogens (tertiary/aromatic N) is 2. The Morgan fingerprint density at radius 1 is 1.40 bits per heavy atom. The van der Waals surface area contributed by atoms with Gasteiger partial charge in [-0.3, -0.25) is 0 Å². The minimum absolute atomic E-state index is 0. The van der Waals surface area contributed by atoms with E-state index in [0.29, 0.717) is 6.61 Å². The van der Waals surface area contributed by atoms with Crippen molar-refractivity contribution in [2.24, 2.45) is 10.7 Å². The average Bonchev–Trinajstić information content (AvgIpc) is 3.03. The monoisotopic (exact) mass is 484 g/mol. The van der Waals surface area contributed by atoms with Crippen molar-refractivity contribution in [3.63, 3.8) is 0 Å². The van der Waals surface area contributed by atoms with Crippen LogP contribution in [0.1, 0.15) is 28.7 Å². The zero-order chi connectivity index (χ0) is 17.2. The maximum Gasteiger partial charge on any atom is 0.434 e. The molecule has 1 aliphatic rings. The Morgan fingerprint density at radius 2 is 2.16 bits per heavy atom. The molecule has 0 aliphatic carbocycles. The van der Waals surface area contributed by atoms with Gasteiger partial charge in [-0.15, -0.1) is 35.3 Å². The van der Waals surface area contributed by atoms with Gasteiger partial charge in [-0.05, 0) is 6.07 Å². The van der Waals surface area contributed by atoms with Crippen LogP contribution in [0.2, 0.25) is 0 Å². The van der Waals surface area contributed by atoms with Gasteiger partial charge in [0.2, 0.25) is 0 Å². The molecule has 0 radical (unpaired) electrons. The van der Waals surface area contributed by atoms with E-state index in [1.807, 2.05) is 24.3 Å². The van der Waals surface area contributed by atoms with Crippen molar-refractivity contribution in [3.05, 3.63) is 45.9 Å². The number of halogens is 4. The van der Waals surface area contributed by atoms with E-state index in [2.05, 4.69) is 15.3 Å². The highest BCUT2D eigenvalue weighted by Gasteiger charge is 2.33. The van der Waals surface area contributed by atoms with Crippen LogP contribution in [0.15, 0.2) is 34.6 Å². The Morgan fingerprint density at radius 3 is 2.88 bits per heavy atom. The number of hydrogen-bond acceptors (Lipinski definition) is 4. The number of nitrogens with one attached hydrogen (secondary N) is 1. The van der Waals surface area contributed by atoms with Crippen LogP contribution in [-0.2, 0) is 12.7 Å². The predicted molar refractivity (Wildman–Crippen MR) is 100 cm³/mol. The fourth-order valence-corrected chi connectivity index (χ4v) is 3.11. The normalized spacial score (nSPS) is 17.2. The molecular formula is C15H16F3IN4OS. The van der Waals surface area contributed by atoms with Gasteiger partial charge in [0, 0.05) is 17.4 Å². The summed E-state index contributed by atoms with van der Waals surface area (Å²) in [6, 6.07) is 7.57. The van der Waals surface area contributed by atoms with Crippen molar-refractivity contribution in [1.29, 1.82) is 0 Å². The fourth-order valence-electron chi connectivity index (χ4n) is 2.38. The first-order valence-corrected chi connectivity index (χ1v) is 8.11. The summed E-state index contributed by atoms with van der Waals surface area (Å²) in [6.45, 7) is 0.563. The SMILES string of the molecule is I.NC(=NCc1nc(C(F)(F)F)cs1)NC1CCOc2ccccc21. The van der Waals surface area contributed by atoms with E-state index in [9.17, 15) is 13.2 Å². The number of aliphatic imine (C=N–C) groups is 1. The number of aromatic nitrogens is 1. The highest BCUT2D eigenvalue weighted by Crippen LogP contribution is 2.32. The van der Waals surface area contributed by atoms with Crippen LogP contribution >= 0.6 is 35.3 Å². The van der Waals surface area contributed by atoms with Gasteiger partial charge in [0.1, 0.15) is 10.8 Å². The number of nitrogens with two attached hydrogens (primary N) is 1. The lowest BCUT2D eigenvalue weighted by Crippen LogP contribution is -2.37. The lowest BCUT2D eigenvalue weighted by Gasteiger charge is -2.26. The summed E-state index contributed by atoms with van der Waals surface area (Å²) in [5.41, 5.74) is 5.94. The molecular weight excluding hydrogens is 468 g/mol. The second-order valence-electron chi connectivity index (χ2n) is 5.20. The third-order valence-electron chi connectivity index (χ3n) is 3.51. The Bertz CT molecular complexity index is 750. The molecule has 2 heterocycles. The van der Waals surface area contributed by atoms with Crippen LogP contribution < -0.4 is 15.8 Å². The molecule has 0 fully saturated rings. The Labute approximate surface area is 163 Å². The first kappa shape index (κ1) is 19.8. The zero-order valence-electron chi connectivity index (χ0n) is 12.9. The van der Waals surface area contributed by atoms with Crippen molar-refractivity contribution in [2.45, 2.75) is 25.2 Å². The highest BCUT2D eigenvalue weighted by atomic mass is 127. The summed E-state index contributed by atoms with van der Waals surface area (Å²) >= 11 is 0.912. The molecule has 1 unspecified atom stereocenters. The molecule has 5 nitrogen and oxygen atoms in total. The van der Waals surface area contributed by atoms with Gasteiger partial charge in [0.15, 0.2) is 11.7 Å². The number of thiazole rings is 1. The van der Waals surface area contributed by atoms with Crippen LogP contribution in [0.4, 0.5) is 13.2 Å². The van der Waals surface area contributed by atoms with E-state index < -0.39 is 11.9 Å². The van der Waals surface area contributed by atoms with Crippen molar-refractivity contribution >= 4 is 41.3 Å². The standard InChI is InChI=1S/C15H15F3N4OS.HI/c16-15(17,18)12-8-24-13(22-12)7-20-14(19)21-10-5-6-23-11-4-2-1-3-9(10)11;/h1-4,8,10H,5-7H2,(H3,19,20,21);1H. The van der Waals surface area contributed by atoms with Crippen LogP contribution in [0.25, 0.3) is 0 Å². The maximum absolute atomic E-state index is 12.5. The van der Waals surface area contributed by atoms with Crippen LogP contribution in [-0.4, -0.2) is 17.6 Å². The molecule has 3 N–H and O–H groups in total. The second kappa shape index (κ2) is 8.21. The van der Waals surface area contributed by atoms with E-state index >= 15 is 0 Å². The average molecular weight is 484 g/mol. The summed E-state index contributed by atoms with van der Waals surface area (Å²) in [4.78, 5) is 7.60. The molecule has 0 spiro atoms. The van der Waals surface area contributed by atoms with Crippen molar-refractivity contribution in [1.82, 2.24) is 10.3 Å². The number of hydrogen-bond donors (Lipinski definition) is 2. The van der Waals surface area contributed by atoms with Crippen molar-refractivity contribution in [3.8, 4) is 5.75 Å². The highest BCUT2D eigenvalue weighted by molar-refractivity contribution is 14.0. The van der Waals surface area contributed by atoms with Crippen molar-refractivity contribution in [2.75, 3.05) is 6.61 Å². The summed E-state index contributed by atoms with van der Waals surface area (Å²) in [5.74, 6) is 0.962. The zero-order valence-corrected chi connectivity index (χ0v) is 16.1. The molecule has 0 saturated carbocycles. The topological polar surface area (TPSA) is 72.5 Å². The molecule has 10 heteroatoms. The van der Waals surface area contributed by atoms with E-state index in [1.54, 1.807) is 0 Å². The molecule has 1 aromatic carbocycles. The predicted octanol–water partition coefficient (Wildman–Crippen LogP) is 3.71. The summed E-state index contributed by atoms with van der Waals surface area (Å²) in [7, 11) is 0. The third-order valence-corrected chi connectivity index (χ3v) is 4.34. The van der Waals surface area contributed by atoms with Gasteiger partial charge >= 0.3 is 6.18 Å². The molecule has 2 aromatic rings. The Balaban J connectivity index is 0.00000225. The van der Waals surface area contributed by atoms with Gasteiger partial charge < -0.3 is 15.8 Å². The molecule has 1 aliphatic heterocycles. The molecule has 0 bridgehead atoms. The molecule has 136 valence electrons. The van der Waals surface area contributed by atoms with Gasteiger partial charge in [0.25, 0.3) is 0 Å². The van der Waals surface area contributed by atoms with Crippen LogP contribution in [0.5, 0.6) is 5.75 Å². The van der Waals surface area contributed by atoms with E-state index in [1.165, 1.54) is 0 Å². The minimum Gasteiger partial charge on any atom is -0.493 e. The lowest BCUT2D eigenvalue weighted by atomic mass is 10.0. The molecule has 25 heavy (non-hydrogen) atoms. The number of alkyl halides is 3. The first-order chi connectivity index (χ1) is 11.4. The summed E-state index contributed by atoms with van der Waals surface area (Å²) < 4.78 is 43.1. The van der Waals surface area contributed by atoms with E-state index in [0.717, 1.165) is 34.5 Å². The Hall–Kier alpha value is -1.56. The first-order valence-electron chi connectivity index (χ1n) is 7.23. The molecule has 0 saturated heterocycles. The van der Waals surface area contributed by atoms with Crippen LogP contribution in [0.3, 0.4) is 0 Å². The summed E-state index contributed by atoms with van der Waals surface area (Å²) in [6.07, 6.45) is -3.71. The molecule has 0 amide bonds. The maximum atomic E-state index is 12.5. The van der Waals surface area contributed by atoms with Gasteiger partial charge in [-0.2, -0.15) is 13.2 Å². The van der Waals surface area contributed by atoms with Crippen molar-refractivity contribution < 1.29 is 17.9 Å². The molecule has 1 atom stereocenters. The summed E-state index contributed by atoms with van der Waals surface area (Å²) in [5, 5.41) is 4.32. The third kappa shape index (κ3) is 4.97. The number of rotatable bonds is 3. The molecule has 1 aromatic heterocycles. The number of benzene rings is 1. The number of para-hydroxylation sites is 1.